The molecule has 2 aliphatic rings. The Morgan fingerprint density at radius 3 is 2.80 bits per heavy atom. The number of thiocarbonyl (C=S) groups is 1. The number of carbonyl (C=O) groups is 1. The Kier molecular flexibility index (Phi) is 6.83. The van der Waals surface area contributed by atoms with Gasteiger partial charge in [0, 0.05) is 24.5 Å². The number of hydrogen-bond acceptors (Lipinski definition) is 6. The van der Waals surface area contributed by atoms with Crippen molar-refractivity contribution in [2.45, 2.75) is 44.6 Å². The molecule has 7 nitrogen and oxygen atoms in total. The number of aromatic nitrogens is 1. The normalized spacial score (nSPS) is 18.6. The van der Waals surface area contributed by atoms with Gasteiger partial charge in [0.15, 0.2) is 10.2 Å². The largest absolute Gasteiger partial charge is 0.378 e. The molecule has 1 aromatic rings. The average Bonchev–Trinajstić information content (AvgIpc) is 3.10. The van der Waals surface area contributed by atoms with Gasteiger partial charge in [-0.3, -0.25) is 15.6 Å². The van der Waals surface area contributed by atoms with Crippen molar-refractivity contribution in [2.75, 3.05) is 31.2 Å². The van der Waals surface area contributed by atoms with Gasteiger partial charge in [-0.1, -0.05) is 19.3 Å². The summed E-state index contributed by atoms with van der Waals surface area (Å²) in [6, 6.07) is 0.417. The fourth-order valence-electron chi connectivity index (χ4n) is 3.08. The van der Waals surface area contributed by atoms with Crippen LogP contribution in [-0.2, 0) is 16.0 Å². The minimum Gasteiger partial charge on any atom is -0.378 e. The van der Waals surface area contributed by atoms with Gasteiger partial charge in [0.1, 0.15) is 0 Å². The smallest absolute Gasteiger partial charge is 0.244 e. The molecule has 3 N–H and O–H groups in total. The van der Waals surface area contributed by atoms with Crippen LogP contribution in [0.2, 0.25) is 0 Å². The number of nitrogens with zero attached hydrogens (tertiary/aromatic N) is 2. The Bertz CT molecular complexity index is 583. The molecule has 0 spiro atoms. The summed E-state index contributed by atoms with van der Waals surface area (Å²) < 4.78 is 5.35. The summed E-state index contributed by atoms with van der Waals surface area (Å²) >= 11 is 6.80. The molecule has 2 heterocycles. The summed E-state index contributed by atoms with van der Waals surface area (Å²) in [5, 5.41) is 6.62. The first-order valence-electron chi connectivity index (χ1n) is 8.83. The Balaban J connectivity index is 1.38. The van der Waals surface area contributed by atoms with Gasteiger partial charge in [-0.05, 0) is 25.1 Å². The fraction of sp³-hybridized carbons (Fsp3) is 0.688. The highest BCUT2D eigenvalue weighted by atomic mass is 32.1. The van der Waals surface area contributed by atoms with E-state index in [4.69, 9.17) is 17.0 Å². The molecule has 1 saturated heterocycles. The van der Waals surface area contributed by atoms with E-state index in [1.165, 1.54) is 19.3 Å². The van der Waals surface area contributed by atoms with Gasteiger partial charge in [0.05, 0.1) is 25.3 Å². The van der Waals surface area contributed by atoms with Crippen molar-refractivity contribution in [2.24, 2.45) is 0 Å². The van der Waals surface area contributed by atoms with E-state index >= 15 is 0 Å². The lowest BCUT2D eigenvalue weighted by atomic mass is 9.96. The summed E-state index contributed by atoms with van der Waals surface area (Å²) in [4.78, 5) is 18.8. The van der Waals surface area contributed by atoms with Crippen LogP contribution < -0.4 is 21.1 Å². The molecule has 3 rings (SSSR count). The molecule has 0 aromatic carbocycles. The van der Waals surface area contributed by atoms with Gasteiger partial charge in [-0.15, -0.1) is 11.3 Å². The van der Waals surface area contributed by atoms with E-state index in [1.807, 2.05) is 5.38 Å². The summed E-state index contributed by atoms with van der Waals surface area (Å²) in [5.74, 6) is -0.147. The second kappa shape index (κ2) is 9.30. The standard InChI is InChI=1S/C16H25N5O2S2/c22-14(19-20-15(24)17-12-4-2-1-3-5-12)10-13-11-25-16(18-13)21-6-8-23-9-7-21/h11-12H,1-10H2,(H,19,22)(H2,17,20,24). The number of hydrazine groups is 1. The lowest BCUT2D eigenvalue weighted by molar-refractivity contribution is -0.121. The van der Waals surface area contributed by atoms with Gasteiger partial charge in [0.2, 0.25) is 5.91 Å². The highest BCUT2D eigenvalue weighted by Crippen LogP contribution is 2.21. The zero-order valence-electron chi connectivity index (χ0n) is 14.3. The fourth-order valence-corrected chi connectivity index (χ4v) is 4.18. The van der Waals surface area contributed by atoms with Gasteiger partial charge < -0.3 is 15.0 Å². The monoisotopic (exact) mass is 383 g/mol. The first-order chi connectivity index (χ1) is 12.2. The second-order valence-electron chi connectivity index (χ2n) is 6.38. The Morgan fingerprint density at radius 2 is 2.04 bits per heavy atom. The highest BCUT2D eigenvalue weighted by Gasteiger charge is 2.16. The third kappa shape index (κ3) is 5.79. The van der Waals surface area contributed by atoms with Crippen molar-refractivity contribution < 1.29 is 9.53 Å². The van der Waals surface area contributed by atoms with Crippen molar-refractivity contribution >= 4 is 39.7 Å². The predicted octanol–water partition coefficient (Wildman–Crippen LogP) is 1.35. The summed E-state index contributed by atoms with van der Waals surface area (Å²) in [5.41, 5.74) is 6.21. The number of morpholine rings is 1. The van der Waals surface area contributed by atoms with Crippen LogP contribution >= 0.6 is 23.6 Å². The molecule has 25 heavy (non-hydrogen) atoms. The lowest BCUT2D eigenvalue weighted by Crippen LogP contribution is -2.50. The molecule has 0 unspecified atom stereocenters. The van der Waals surface area contributed by atoms with E-state index in [0.717, 1.165) is 50.0 Å². The van der Waals surface area contributed by atoms with Crippen molar-refractivity contribution in [3.05, 3.63) is 11.1 Å². The third-order valence-electron chi connectivity index (χ3n) is 4.42. The molecule has 9 heteroatoms. The molecule has 0 bridgehead atoms. The van der Waals surface area contributed by atoms with E-state index in [9.17, 15) is 4.79 Å². The van der Waals surface area contributed by atoms with Crippen LogP contribution in [0, 0.1) is 0 Å². The minimum atomic E-state index is -0.147. The van der Waals surface area contributed by atoms with Crippen LogP contribution in [0.15, 0.2) is 5.38 Å². The van der Waals surface area contributed by atoms with Crippen LogP contribution in [0.1, 0.15) is 37.8 Å². The summed E-state index contributed by atoms with van der Waals surface area (Å²) in [7, 11) is 0. The van der Waals surface area contributed by atoms with Gasteiger partial charge in [-0.25, -0.2) is 4.98 Å². The number of carbonyl (C=O) groups excluding carboxylic acids is 1. The molecule has 0 atom stereocenters. The number of anilines is 1. The maximum atomic E-state index is 12.1. The first kappa shape index (κ1) is 18.3. The van der Waals surface area contributed by atoms with Crippen LogP contribution in [0.5, 0.6) is 0 Å². The SMILES string of the molecule is O=C(Cc1csc(N2CCOCC2)n1)NNC(=S)NC1CCCCC1. The predicted molar refractivity (Wildman–Crippen MR) is 103 cm³/mol. The third-order valence-corrected chi connectivity index (χ3v) is 5.59. The summed E-state index contributed by atoms with van der Waals surface area (Å²) in [6.45, 7) is 3.15. The molecule has 0 radical (unpaired) electrons. The molecule has 1 saturated carbocycles. The minimum absolute atomic E-state index is 0.147. The van der Waals surface area contributed by atoms with Crippen molar-refractivity contribution in [3.63, 3.8) is 0 Å². The van der Waals surface area contributed by atoms with E-state index < -0.39 is 0 Å². The number of hydrogen-bond donors (Lipinski definition) is 3. The quantitative estimate of drug-likeness (QED) is 0.535. The lowest BCUT2D eigenvalue weighted by Gasteiger charge is -2.26. The number of nitrogens with one attached hydrogen (secondary N) is 3. The Morgan fingerprint density at radius 1 is 1.28 bits per heavy atom. The van der Waals surface area contributed by atoms with Crippen LogP contribution in [0.3, 0.4) is 0 Å². The van der Waals surface area contributed by atoms with Crippen LogP contribution in [-0.4, -0.2) is 48.3 Å². The number of ether oxygens (including phenoxy) is 1. The van der Waals surface area contributed by atoms with E-state index in [-0.39, 0.29) is 12.3 Å². The molecule has 1 aliphatic carbocycles. The van der Waals surface area contributed by atoms with E-state index in [2.05, 4.69) is 26.1 Å². The topological polar surface area (TPSA) is 78.5 Å². The molecular formula is C16H25N5O2S2. The molecule has 2 fully saturated rings. The molecule has 1 aromatic heterocycles. The number of amides is 1. The van der Waals surface area contributed by atoms with E-state index in [1.54, 1.807) is 11.3 Å². The molecular weight excluding hydrogens is 358 g/mol. The van der Waals surface area contributed by atoms with Crippen molar-refractivity contribution in [1.82, 2.24) is 21.2 Å². The average molecular weight is 384 g/mol. The van der Waals surface area contributed by atoms with E-state index in [0.29, 0.717) is 11.2 Å². The van der Waals surface area contributed by atoms with Crippen molar-refractivity contribution in [3.8, 4) is 0 Å². The van der Waals surface area contributed by atoms with Gasteiger partial charge in [-0.2, -0.15) is 0 Å². The molecule has 1 amide bonds. The Labute approximate surface area is 157 Å². The van der Waals surface area contributed by atoms with Crippen LogP contribution in [0.4, 0.5) is 5.13 Å². The highest BCUT2D eigenvalue weighted by molar-refractivity contribution is 7.80. The van der Waals surface area contributed by atoms with Gasteiger partial charge in [0.25, 0.3) is 0 Å². The second-order valence-corrected chi connectivity index (χ2v) is 7.62. The molecule has 1 aliphatic heterocycles. The number of thiazole rings is 1. The van der Waals surface area contributed by atoms with Gasteiger partial charge >= 0.3 is 0 Å². The molecule has 138 valence electrons. The maximum absolute atomic E-state index is 12.1. The number of rotatable bonds is 4. The maximum Gasteiger partial charge on any atom is 0.244 e. The van der Waals surface area contributed by atoms with Crippen molar-refractivity contribution in [1.29, 1.82) is 0 Å². The van der Waals surface area contributed by atoms with Crippen LogP contribution in [0.25, 0.3) is 0 Å². The Hall–Kier alpha value is -1.45. The zero-order chi connectivity index (χ0) is 17.5. The summed E-state index contributed by atoms with van der Waals surface area (Å²) in [6.07, 6.45) is 6.29. The first-order valence-corrected chi connectivity index (χ1v) is 10.1. The zero-order valence-corrected chi connectivity index (χ0v) is 15.9.